The quantitative estimate of drug-likeness (QED) is 0.840. The van der Waals surface area contributed by atoms with Crippen LogP contribution in [0.2, 0.25) is 0 Å². The first-order chi connectivity index (χ1) is 8.11. The Morgan fingerprint density at radius 1 is 0.882 bits per heavy atom. The first-order valence-corrected chi connectivity index (χ1v) is 6.26. The van der Waals surface area contributed by atoms with Gasteiger partial charge >= 0.3 is 0 Å². The van der Waals surface area contributed by atoms with Crippen LogP contribution in [-0.2, 0) is 0 Å². The van der Waals surface area contributed by atoms with Crippen LogP contribution in [0, 0.1) is 0 Å². The minimum atomic E-state index is 0.204. The minimum Gasteiger partial charge on any atom is -0.396 e. The number of aliphatic hydroxyl groups excluding tert-OH is 1. The maximum atomic E-state index is 9.18. The molecule has 1 unspecified atom stereocenters. The molecule has 2 aromatic rings. The van der Waals surface area contributed by atoms with Gasteiger partial charge in [0.25, 0.3) is 0 Å². The van der Waals surface area contributed by atoms with Gasteiger partial charge in [0.1, 0.15) is 0 Å². The topological polar surface area (TPSA) is 20.2 Å². The van der Waals surface area contributed by atoms with Crippen LogP contribution in [0.3, 0.4) is 0 Å². The standard InChI is InChI=1S/C16H20O/c1-11(2)13-4-6-16-9-14(12(3)10-17)5-7-15(16)8-13/h4-9,11-12,17H,10H2,1-3H3. The van der Waals surface area contributed by atoms with Gasteiger partial charge in [0.15, 0.2) is 0 Å². The highest BCUT2D eigenvalue weighted by atomic mass is 16.3. The summed E-state index contributed by atoms with van der Waals surface area (Å²) >= 11 is 0. The second-order valence-electron chi connectivity index (χ2n) is 5.10. The lowest BCUT2D eigenvalue weighted by molar-refractivity contribution is 0.273. The van der Waals surface area contributed by atoms with E-state index in [0.717, 1.165) is 0 Å². The Morgan fingerprint density at radius 2 is 1.41 bits per heavy atom. The van der Waals surface area contributed by atoms with Gasteiger partial charge in [-0.05, 0) is 27.8 Å². The van der Waals surface area contributed by atoms with E-state index in [1.54, 1.807) is 0 Å². The third kappa shape index (κ3) is 2.50. The van der Waals surface area contributed by atoms with E-state index in [-0.39, 0.29) is 12.5 Å². The zero-order valence-corrected chi connectivity index (χ0v) is 10.8. The van der Waals surface area contributed by atoms with Crippen molar-refractivity contribution < 1.29 is 5.11 Å². The van der Waals surface area contributed by atoms with Gasteiger partial charge < -0.3 is 5.11 Å². The van der Waals surface area contributed by atoms with Gasteiger partial charge in [-0.15, -0.1) is 0 Å². The third-order valence-electron chi connectivity index (χ3n) is 3.40. The lowest BCUT2D eigenvalue weighted by Crippen LogP contribution is -1.98. The fourth-order valence-corrected chi connectivity index (χ4v) is 2.05. The van der Waals surface area contributed by atoms with Crippen LogP contribution in [0.15, 0.2) is 36.4 Å². The number of hydrogen-bond acceptors (Lipinski definition) is 1. The predicted molar refractivity (Wildman–Crippen MR) is 73.5 cm³/mol. The van der Waals surface area contributed by atoms with E-state index in [9.17, 15) is 5.11 Å². The molecule has 0 spiro atoms. The molecule has 1 atom stereocenters. The van der Waals surface area contributed by atoms with Crippen molar-refractivity contribution in [1.29, 1.82) is 0 Å². The molecule has 1 N–H and O–H groups in total. The van der Waals surface area contributed by atoms with Gasteiger partial charge in [0, 0.05) is 12.5 Å². The van der Waals surface area contributed by atoms with Crippen molar-refractivity contribution in [2.24, 2.45) is 0 Å². The molecule has 0 aliphatic heterocycles. The lowest BCUT2D eigenvalue weighted by atomic mass is 9.95. The van der Waals surface area contributed by atoms with E-state index in [1.165, 1.54) is 21.9 Å². The number of fused-ring (bicyclic) bond motifs is 1. The van der Waals surface area contributed by atoms with Crippen molar-refractivity contribution in [3.63, 3.8) is 0 Å². The average molecular weight is 228 g/mol. The molecule has 0 radical (unpaired) electrons. The van der Waals surface area contributed by atoms with Gasteiger partial charge in [-0.2, -0.15) is 0 Å². The molecule has 0 aliphatic carbocycles. The summed E-state index contributed by atoms with van der Waals surface area (Å²) in [6.07, 6.45) is 0. The maximum absolute atomic E-state index is 9.18. The maximum Gasteiger partial charge on any atom is 0.0497 e. The largest absolute Gasteiger partial charge is 0.396 e. The van der Waals surface area contributed by atoms with Crippen molar-refractivity contribution in [2.45, 2.75) is 32.6 Å². The van der Waals surface area contributed by atoms with E-state index in [0.29, 0.717) is 5.92 Å². The highest BCUT2D eigenvalue weighted by Gasteiger charge is 2.06. The second-order valence-corrected chi connectivity index (χ2v) is 5.10. The van der Waals surface area contributed by atoms with E-state index < -0.39 is 0 Å². The van der Waals surface area contributed by atoms with Crippen LogP contribution < -0.4 is 0 Å². The first kappa shape index (κ1) is 12.1. The average Bonchev–Trinajstić information content (AvgIpc) is 2.36. The van der Waals surface area contributed by atoms with Crippen molar-refractivity contribution in [2.75, 3.05) is 6.61 Å². The monoisotopic (exact) mass is 228 g/mol. The molecule has 1 heteroatoms. The molecule has 0 heterocycles. The van der Waals surface area contributed by atoms with Crippen molar-refractivity contribution in [3.05, 3.63) is 47.5 Å². The number of benzene rings is 2. The molecule has 0 saturated heterocycles. The van der Waals surface area contributed by atoms with Crippen LogP contribution in [0.1, 0.15) is 43.7 Å². The molecular formula is C16H20O. The fraction of sp³-hybridized carbons (Fsp3) is 0.375. The second kappa shape index (κ2) is 4.89. The van der Waals surface area contributed by atoms with Gasteiger partial charge in [0.2, 0.25) is 0 Å². The Labute approximate surface area is 103 Å². The van der Waals surface area contributed by atoms with Crippen molar-refractivity contribution in [3.8, 4) is 0 Å². The number of aliphatic hydroxyl groups is 1. The predicted octanol–water partition coefficient (Wildman–Crippen LogP) is 4.06. The summed E-state index contributed by atoms with van der Waals surface area (Å²) in [5.74, 6) is 0.777. The summed E-state index contributed by atoms with van der Waals surface area (Å²) in [4.78, 5) is 0. The van der Waals surface area contributed by atoms with E-state index in [4.69, 9.17) is 0 Å². The smallest absolute Gasteiger partial charge is 0.0497 e. The Kier molecular flexibility index (Phi) is 3.49. The van der Waals surface area contributed by atoms with Gasteiger partial charge in [-0.25, -0.2) is 0 Å². The molecule has 0 fully saturated rings. The van der Waals surface area contributed by atoms with Gasteiger partial charge in [-0.1, -0.05) is 57.2 Å². The minimum absolute atomic E-state index is 0.204. The van der Waals surface area contributed by atoms with Gasteiger partial charge in [-0.3, -0.25) is 0 Å². The third-order valence-corrected chi connectivity index (χ3v) is 3.40. The molecule has 2 aromatic carbocycles. The molecule has 90 valence electrons. The summed E-state index contributed by atoms with van der Waals surface area (Å²) in [7, 11) is 0. The van der Waals surface area contributed by atoms with E-state index in [2.05, 4.69) is 50.2 Å². The summed E-state index contributed by atoms with van der Waals surface area (Å²) in [6.45, 7) is 6.67. The summed E-state index contributed by atoms with van der Waals surface area (Å²) in [5.41, 5.74) is 2.58. The van der Waals surface area contributed by atoms with Crippen LogP contribution in [0.5, 0.6) is 0 Å². The van der Waals surface area contributed by atoms with Crippen LogP contribution in [0.25, 0.3) is 10.8 Å². The number of hydrogen-bond donors (Lipinski definition) is 1. The Balaban J connectivity index is 2.46. The van der Waals surface area contributed by atoms with E-state index in [1.807, 2.05) is 6.92 Å². The molecule has 0 aliphatic rings. The van der Waals surface area contributed by atoms with Crippen LogP contribution in [0.4, 0.5) is 0 Å². The van der Waals surface area contributed by atoms with Gasteiger partial charge in [0.05, 0.1) is 0 Å². The molecule has 17 heavy (non-hydrogen) atoms. The fourth-order valence-electron chi connectivity index (χ4n) is 2.05. The molecule has 0 amide bonds. The van der Waals surface area contributed by atoms with Crippen LogP contribution >= 0.6 is 0 Å². The molecule has 0 bridgehead atoms. The lowest BCUT2D eigenvalue weighted by Gasteiger charge is -2.11. The highest BCUT2D eigenvalue weighted by Crippen LogP contribution is 2.25. The summed E-state index contributed by atoms with van der Waals surface area (Å²) < 4.78 is 0. The SMILES string of the molecule is CC(C)c1ccc2cc(C(C)CO)ccc2c1. The van der Waals surface area contributed by atoms with Crippen molar-refractivity contribution >= 4 is 10.8 Å². The normalized spacial score (nSPS) is 13.2. The molecule has 2 rings (SSSR count). The molecule has 0 saturated carbocycles. The molecule has 0 aromatic heterocycles. The molecule has 1 nitrogen and oxygen atoms in total. The van der Waals surface area contributed by atoms with E-state index >= 15 is 0 Å². The Bertz CT molecular complexity index is 514. The van der Waals surface area contributed by atoms with Crippen LogP contribution in [-0.4, -0.2) is 11.7 Å². The first-order valence-electron chi connectivity index (χ1n) is 6.26. The zero-order chi connectivity index (χ0) is 12.4. The molecular weight excluding hydrogens is 208 g/mol. The highest BCUT2D eigenvalue weighted by molar-refractivity contribution is 5.84. The Morgan fingerprint density at radius 3 is 1.94 bits per heavy atom. The summed E-state index contributed by atoms with van der Waals surface area (Å²) in [6, 6.07) is 13.1. The number of rotatable bonds is 3. The Hall–Kier alpha value is -1.34. The summed E-state index contributed by atoms with van der Waals surface area (Å²) in [5, 5.41) is 11.7. The van der Waals surface area contributed by atoms with Crippen molar-refractivity contribution in [1.82, 2.24) is 0 Å². The zero-order valence-electron chi connectivity index (χ0n) is 10.8.